The van der Waals surface area contributed by atoms with Gasteiger partial charge in [0.2, 0.25) is 5.91 Å². The van der Waals surface area contributed by atoms with Crippen LogP contribution in [0.5, 0.6) is 0 Å². The maximum absolute atomic E-state index is 12.3. The van der Waals surface area contributed by atoms with Gasteiger partial charge in [0.1, 0.15) is 10.7 Å². The third-order valence-electron chi connectivity index (χ3n) is 4.30. The first-order valence-electron chi connectivity index (χ1n) is 8.25. The molecule has 3 aromatic rings. The van der Waals surface area contributed by atoms with Gasteiger partial charge in [0.25, 0.3) is 5.56 Å². The average Bonchev–Trinajstić information content (AvgIpc) is 2.87. The summed E-state index contributed by atoms with van der Waals surface area (Å²) < 4.78 is 0. The van der Waals surface area contributed by atoms with E-state index < -0.39 is 0 Å². The van der Waals surface area contributed by atoms with Crippen molar-refractivity contribution in [3.8, 4) is 0 Å². The molecule has 7 heteroatoms. The topological polar surface area (TPSA) is 87.2 Å². The summed E-state index contributed by atoms with van der Waals surface area (Å²) in [7, 11) is 0. The van der Waals surface area contributed by atoms with E-state index >= 15 is 0 Å². The molecular weight excluding hydrogens is 348 g/mol. The van der Waals surface area contributed by atoms with Crippen molar-refractivity contribution < 1.29 is 4.79 Å². The number of rotatable bonds is 4. The van der Waals surface area contributed by atoms with Crippen molar-refractivity contribution in [1.29, 1.82) is 0 Å². The Hall–Kier alpha value is -2.80. The van der Waals surface area contributed by atoms with E-state index in [-0.39, 0.29) is 17.9 Å². The molecule has 0 saturated heterocycles. The van der Waals surface area contributed by atoms with Gasteiger partial charge in [-0.05, 0) is 38.8 Å². The molecule has 2 aromatic heterocycles. The summed E-state index contributed by atoms with van der Waals surface area (Å²) >= 11 is 1.46. The second-order valence-corrected chi connectivity index (χ2v) is 7.40. The fourth-order valence-corrected chi connectivity index (χ4v) is 3.81. The number of fused-ring (bicyclic) bond motifs is 1. The zero-order valence-electron chi connectivity index (χ0n) is 15.1. The van der Waals surface area contributed by atoms with Crippen LogP contribution in [0.3, 0.4) is 0 Å². The van der Waals surface area contributed by atoms with Crippen LogP contribution in [0.4, 0.5) is 0 Å². The lowest BCUT2D eigenvalue weighted by molar-refractivity contribution is -0.120. The second kappa shape index (κ2) is 7.21. The molecule has 26 heavy (non-hydrogen) atoms. The fraction of sp³-hybridized carbons (Fsp3) is 0.263. The summed E-state index contributed by atoms with van der Waals surface area (Å²) in [6.45, 7) is 7.69. The van der Waals surface area contributed by atoms with Crippen LogP contribution < -0.4 is 11.0 Å². The minimum Gasteiger partial charge on any atom is -0.309 e. The summed E-state index contributed by atoms with van der Waals surface area (Å²) in [5.41, 5.74) is 6.04. The molecule has 0 bridgehead atoms. The highest BCUT2D eigenvalue weighted by Gasteiger charge is 2.13. The van der Waals surface area contributed by atoms with Crippen molar-refractivity contribution in [3.63, 3.8) is 0 Å². The molecule has 0 saturated carbocycles. The number of benzene rings is 1. The molecule has 0 aliphatic rings. The van der Waals surface area contributed by atoms with Crippen LogP contribution in [-0.4, -0.2) is 21.6 Å². The van der Waals surface area contributed by atoms with E-state index in [4.69, 9.17) is 0 Å². The molecule has 1 amide bonds. The smallest absolute Gasteiger partial charge is 0.259 e. The molecule has 1 aromatic carbocycles. The number of thiophene rings is 1. The first-order chi connectivity index (χ1) is 12.4. The maximum Gasteiger partial charge on any atom is 0.259 e. The molecule has 0 spiro atoms. The largest absolute Gasteiger partial charge is 0.309 e. The molecule has 0 aliphatic heterocycles. The molecule has 0 radical (unpaired) electrons. The first-order valence-corrected chi connectivity index (χ1v) is 9.06. The summed E-state index contributed by atoms with van der Waals surface area (Å²) in [5, 5.41) is 4.76. The molecular formula is C19H20N4O2S. The number of nitrogens with one attached hydrogen (secondary N) is 2. The third kappa shape index (κ3) is 3.57. The quantitative estimate of drug-likeness (QED) is 0.548. The Bertz CT molecular complexity index is 1080. The van der Waals surface area contributed by atoms with E-state index in [1.807, 2.05) is 52.0 Å². The van der Waals surface area contributed by atoms with Crippen LogP contribution in [-0.2, 0) is 11.2 Å². The first kappa shape index (κ1) is 18.0. The monoisotopic (exact) mass is 368 g/mol. The minimum atomic E-state index is -0.328. The van der Waals surface area contributed by atoms with E-state index in [0.717, 1.165) is 27.3 Å². The Morgan fingerprint density at radius 1 is 1.27 bits per heavy atom. The van der Waals surface area contributed by atoms with Crippen molar-refractivity contribution in [3.05, 3.63) is 62.0 Å². The van der Waals surface area contributed by atoms with E-state index in [2.05, 4.69) is 20.5 Å². The molecule has 0 unspecified atom stereocenters. The van der Waals surface area contributed by atoms with Crippen LogP contribution in [0.25, 0.3) is 10.2 Å². The SMILES string of the molecule is C/C(=N/NC(=O)Cc1nc2sc(C)c(C)c2c(=O)[nH]1)c1ccccc1C. The highest BCUT2D eigenvalue weighted by molar-refractivity contribution is 7.18. The molecule has 0 aliphatic carbocycles. The number of aromatic amines is 1. The van der Waals surface area contributed by atoms with Crippen LogP contribution in [0.1, 0.15) is 34.3 Å². The number of aromatic nitrogens is 2. The van der Waals surface area contributed by atoms with Crippen LogP contribution in [0, 0.1) is 20.8 Å². The zero-order chi connectivity index (χ0) is 18.8. The fourth-order valence-electron chi connectivity index (χ4n) is 2.76. The molecule has 3 rings (SSSR count). The number of amides is 1. The van der Waals surface area contributed by atoms with Gasteiger partial charge in [-0.3, -0.25) is 9.59 Å². The number of hydrazone groups is 1. The number of aryl methyl sites for hydroxylation is 3. The third-order valence-corrected chi connectivity index (χ3v) is 5.40. The van der Waals surface area contributed by atoms with Gasteiger partial charge in [0.05, 0.1) is 17.5 Å². The standard InChI is InChI=1S/C19H20N4O2S/c1-10-7-5-6-8-14(10)12(3)22-23-16(24)9-15-20-18(25)17-11(2)13(4)26-19(17)21-15/h5-8H,9H2,1-4H3,(H,23,24)(H,20,21,25)/b22-12-. The normalized spacial score (nSPS) is 11.8. The predicted molar refractivity (Wildman–Crippen MR) is 105 cm³/mol. The van der Waals surface area contributed by atoms with Gasteiger partial charge in [-0.15, -0.1) is 11.3 Å². The Labute approximate surface area is 155 Å². The minimum absolute atomic E-state index is 0.0360. The molecule has 2 heterocycles. The lowest BCUT2D eigenvalue weighted by atomic mass is 10.1. The Kier molecular flexibility index (Phi) is 4.99. The summed E-state index contributed by atoms with van der Waals surface area (Å²) in [6, 6.07) is 7.83. The van der Waals surface area contributed by atoms with Gasteiger partial charge in [-0.25, -0.2) is 10.4 Å². The van der Waals surface area contributed by atoms with Gasteiger partial charge in [0.15, 0.2) is 0 Å². The molecule has 0 fully saturated rings. The van der Waals surface area contributed by atoms with Crippen molar-refractivity contribution in [2.45, 2.75) is 34.1 Å². The second-order valence-electron chi connectivity index (χ2n) is 6.20. The lowest BCUT2D eigenvalue weighted by Gasteiger charge is -2.05. The van der Waals surface area contributed by atoms with Crippen LogP contribution >= 0.6 is 11.3 Å². The number of H-pyrrole nitrogens is 1. The maximum atomic E-state index is 12.3. The van der Waals surface area contributed by atoms with Crippen molar-refractivity contribution in [2.24, 2.45) is 5.10 Å². The molecule has 2 N–H and O–H groups in total. The van der Waals surface area contributed by atoms with E-state index in [9.17, 15) is 9.59 Å². The van der Waals surface area contributed by atoms with E-state index in [1.165, 1.54) is 11.3 Å². The van der Waals surface area contributed by atoms with E-state index in [1.54, 1.807) is 0 Å². The number of carbonyl (C=O) groups is 1. The Morgan fingerprint density at radius 3 is 2.73 bits per heavy atom. The van der Waals surface area contributed by atoms with Gasteiger partial charge < -0.3 is 4.98 Å². The lowest BCUT2D eigenvalue weighted by Crippen LogP contribution is -2.24. The highest BCUT2D eigenvalue weighted by Crippen LogP contribution is 2.25. The molecule has 6 nitrogen and oxygen atoms in total. The Balaban J connectivity index is 1.76. The van der Waals surface area contributed by atoms with Crippen molar-refractivity contribution in [2.75, 3.05) is 0 Å². The number of nitrogens with zero attached hydrogens (tertiary/aromatic N) is 2. The molecule has 0 atom stereocenters. The van der Waals surface area contributed by atoms with Gasteiger partial charge in [-0.2, -0.15) is 5.10 Å². The van der Waals surface area contributed by atoms with Crippen molar-refractivity contribution >= 4 is 33.2 Å². The Morgan fingerprint density at radius 2 is 2.00 bits per heavy atom. The van der Waals surface area contributed by atoms with Gasteiger partial charge >= 0.3 is 0 Å². The number of hydrogen-bond donors (Lipinski definition) is 2. The van der Waals surface area contributed by atoms with E-state index in [0.29, 0.717) is 16.0 Å². The summed E-state index contributed by atoms with van der Waals surface area (Å²) in [4.78, 5) is 33.2. The van der Waals surface area contributed by atoms with Crippen LogP contribution in [0.15, 0.2) is 34.2 Å². The highest BCUT2D eigenvalue weighted by atomic mass is 32.1. The molecule has 134 valence electrons. The van der Waals surface area contributed by atoms with Crippen LogP contribution in [0.2, 0.25) is 0 Å². The predicted octanol–water partition coefficient (Wildman–Crippen LogP) is 2.99. The zero-order valence-corrected chi connectivity index (χ0v) is 16.0. The van der Waals surface area contributed by atoms with Gasteiger partial charge in [0, 0.05) is 10.4 Å². The number of hydrogen-bond acceptors (Lipinski definition) is 5. The number of carbonyl (C=O) groups excluding carboxylic acids is 1. The van der Waals surface area contributed by atoms with Gasteiger partial charge in [-0.1, -0.05) is 24.3 Å². The van der Waals surface area contributed by atoms with Crippen molar-refractivity contribution in [1.82, 2.24) is 15.4 Å². The summed E-state index contributed by atoms with van der Waals surface area (Å²) in [6.07, 6.45) is -0.0360. The average molecular weight is 368 g/mol. The summed E-state index contributed by atoms with van der Waals surface area (Å²) in [5.74, 6) is 0.00966.